The molecule has 8 unspecified atom stereocenters. The van der Waals surface area contributed by atoms with Crippen LogP contribution in [0.5, 0.6) is 0 Å². The topological polar surface area (TPSA) is 110 Å². The fourth-order valence-corrected chi connectivity index (χ4v) is 11.2. The Morgan fingerprint density at radius 3 is 2.18 bits per heavy atom. The molecule has 0 saturated heterocycles. The van der Waals surface area contributed by atoms with Crippen LogP contribution in [0.4, 0.5) is 0 Å². The number of carbonyl (C=O) groups excluding carboxylic acids is 1. The third-order valence-corrected chi connectivity index (χ3v) is 13.7. The van der Waals surface area contributed by atoms with Gasteiger partial charge in [-0.15, -0.1) is 0 Å². The number of hydrogen-bond acceptors (Lipinski definition) is 5. The molecular formula is C38H61NO5. The van der Waals surface area contributed by atoms with E-state index in [1.807, 2.05) is 25.1 Å². The zero-order valence-corrected chi connectivity index (χ0v) is 27.9. The fourth-order valence-electron chi connectivity index (χ4n) is 11.2. The Morgan fingerprint density at radius 2 is 1.50 bits per heavy atom. The van der Waals surface area contributed by atoms with E-state index in [4.69, 9.17) is 0 Å². The Hall–Kier alpha value is -1.47. The van der Waals surface area contributed by atoms with Crippen LogP contribution in [0, 0.1) is 46.3 Å². The van der Waals surface area contributed by atoms with Gasteiger partial charge in [0.1, 0.15) is 0 Å². The zero-order chi connectivity index (χ0) is 31.8. The third-order valence-electron chi connectivity index (χ3n) is 13.7. The van der Waals surface area contributed by atoms with Crippen molar-refractivity contribution in [1.29, 1.82) is 0 Å². The molecule has 44 heavy (non-hydrogen) atoms. The van der Waals surface area contributed by atoms with Crippen molar-refractivity contribution in [2.24, 2.45) is 46.3 Å². The smallest absolute Gasteiger partial charge is 0.219 e. The quantitative estimate of drug-likeness (QED) is 0.225. The number of carbonyl (C=O) groups is 1. The molecule has 1 aromatic carbocycles. The number of nitrogens with one attached hydrogen (secondary N) is 1. The molecule has 0 bridgehead atoms. The fraction of sp³-hybridized carbons (Fsp3) is 0.816. The number of rotatable bonds is 6. The molecule has 8 atom stereocenters. The number of benzene rings is 1. The third kappa shape index (κ3) is 7.09. The summed E-state index contributed by atoms with van der Waals surface area (Å²) in [7, 11) is 0. The molecule has 0 aromatic heterocycles. The maximum absolute atomic E-state index is 12.0. The Balaban J connectivity index is 0.000000229. The van der Waals surface area contributed by atoms with E-state index in [1.54, 1.807) is 0 Å². The van der Waals surface area contributed by atoms with Gasteiger partial charge >= 0.3 is 0 Å². The average Bonchev–Trinajstić information content (AvgIpc) is 3.34. The minimum Gasteiger partial charge on any atom is -0.366 e. The lowest BCUT2D eigenvalue weighted by Crippen LogP contribution is -2.56. The first kappa shape index (κ1) is 33.9. The highest BCUT2D eigenvalue weighted by atomic mass is 16.5. The predicted octanol–water partition coefficient (Wildman–Crippen LogP) is 6.90. The van der Waals surface area contributed by atoms with Gasteiger partial charge in [-0.25, -0.2) is 0 Å². The van der Waals surface area contributed by atoms with Crippen LogP contribution in [0.1, 0.15) is 135 Å². The van der Waals surface area contributed by atoms with Crippen LogP contribution < -0.4 is 5.32 Å². The van der Waals surface area contributed by atoms with Crippen molar-refractivity contribution in [3.8, 4) is 0 Å². The van der Waals surface area contributed by atoms with E-state index in [0.717, 1.165) is 55.9 Å². The lowest BCUT2D eigenvalue weighted by Gasteiger charge is -2.61. The summed E-state index contributed by atoms with van der Waals surface area (Å²) in [4.78, 5) is 12.0. The van der Waals surface area contributed by atoms with E-state index in [9.17, 15) is 25.2 Å². The molecule has 0 heterocycles. The Morgan fingerprint density at radius 1 is 0.818 bits per heavy atom. The summed E-state index contributed by atoms with van der Waals surface area (Å²) in [5.74, 6) is 2.10. The molecule has 248 valence electrons. The van der Waals surface area contributed by atoms with E-state index in [2.05, 4.69) is 38.2 Å². The minimum atomic E-state index is -1.43. The summed E-state index contributed by atoms with van der Waals surface area (Å²) in [5.41, 5.74) is 2.04. The molecule has 0 spiro atoms. The summed E-state index contributed by atoms with van der Waals surface area (Å²) in [6.07, 6.45) is 14.3. The van der Waals surface area contributed by atoms with Gasteiger partial charge in [0, 0.05) is 38.6 Å². The Labute approximate surface area is 266 Å². The van der Waals surface area contributed by atoms with Crippen LogP contribution in [0.15, 0.2) is 30.3 Å². The SMILES string of the molecule is CCNC(=O)CCC(C)C1CCC2C3CCC4CC(O)(O)CCC4(C)C3CCC12C.OC1(O)CCC(c2ccccc2)CC1. The monoisotopic (exact) mass is 611 g/mol. The average molecular weight is 612 g/mol. The first-order valence-corrected chi connectivity index (χ1v) is 18.0. The summed E-state index contributed by atoms with van der Waals surface area (Å²) in [6.45, 7) is 10.2. The van der Waals surface area contributed by atoms with Gasteiger partial charge in [-0.2, -0.15) is 0 Å². The Kier molecular flexibility index (Phi) is 10.3. The van der Waals surface area contributed by atoms with Crippen molar-refractivity contribution >= 4 is 5.91 Å². The molecule has 0 radical (unpaired) electrons. The minimum absolute atomic E-state index is 0.208. The summed E-state index contributed by atoms with van der Waals surface area (Å²) in [6, 6.07) is 10.3. The lowest BCUT2D eigenvalue weighted by molar-refractivity contribution is -0.233. The summed E-state index contributed by atoms with van der Waals surface area (Å²) >= 11 is 0. The van der Waals surface area contributed by atoms with Crippen molar-refractivity contribution in [3.63, 3.8) is 0 Å². The molecule has 1 aromatic rings. The molecule has 5 fully saturated rings. The maximum atomic E-state index is 12.0. The van der Waals surface area contributed by atoms with Gasteiger partial charge in [-0.3, -0.25) is 4.79 Å². The molecule has 6 nitrogen and oxygen atoms in total. The van der Waals surface area contributed by atoms with E-state index in [0.29, 0.717) is 60.7 Å². The molecule has 6 rings (SSSR count). The van der Waals surface area contributed by atoms with Gasteiger partial charge in [-0.1, -0.05) is 51.1 Å². The molecular weight excluding hydrogens is 550 g/mol. The van der Waals surface area contributed by atoms with Gasteiger partial charge < -0.3 is 25.7 Å². The first-order valence-electron chi connectivity index (χ1n) is 18.0. The van der Waals surface area contributed by atoms with Crippen LogP contribution in [-0.4, -0.2) is 44.5 Å². The van der Waals surface area contributed by atoms with E-state index in [1.165, 1.54) is 44.1 Å². The van der Waals surface area contributed by atoms with Crippen molar-refractivity contribution in [2.45, 2.75) is 141 Å². The van der Waals surface area contributed by atoms with Crippen LogP contribution in [0.25, 0.3) is 0 Å². The van der Waals surface area contributed by atoms with Gasteiger partial charge in [-0.05, 0) is 129 Å². The van der Waals surface area contributed by atoms with Crippen molar-refractivity contribution in [2.75, 3.05) is 6.54 Å². The van der Waals surface area contributed by atoms with Gasteiger partial charge in [0.15, 0.2) is 11.6 Å². The van der Waals surface area contributed by atoms with Crippen LogP contribution in [0.2, 0.25) is 0 Å². The highest BCUT2D eigenvalue weighted by molar-refractivity contribution is 5.75. The predicted molar refractivity (Wildman–Crippen MR) is 174 cm³/mol. The second-order valence-corrected chi connectivity index (χ2v) is 16.2. The molecule has 6 heteroatoms. The van der Waals surface area contributed by atoms with Crippen molar-refractivity contribution < 1.29 is 25.2 Å². The molecule has 0 aliphatic heterocycles. The second-order valence-electron chi connectivity index (χ2n) is 16.2. The standard InChI is InChI=1S/C26H45NO3.C12H16O2/c1-5-27-23(28)11-6-17(2)20-9-10-21-19-8-7-18-16-26(29,30)15-14-24(18,3)22(19)12-13-25(20,21)4;13-12(14)8-6-11(7-9-12)10-4-2-1-3-5-10/h17-22,29-30H,5-16H2,1-4H3,(H,27,28);1-5,11,13-14H,6-9H2. The van der Waals surface area contributed by atoms with E-state index in [-0.39, 0.29) is 5.91 Å². The molecule has 5 saturated carbocycles. The van der Waals surface area contributed by atoms with Crippen molar-refractivity contribution in [1.82, 2.24) is 5.32 Å². The summed E-state index contributed by atoms with van der Waals surface area (Å²) in [5, 5.41) is 42.3. The zero-order valence-electron chi connectivity index (χ0n) is 27.9. The molecule has 5 aliphatic carbocycles. The van der Waals surface area contributed by atoms with E-state index >= 15 is 0 Å². The number of fused-ring (bicyclic) bond motifs is 5. The summed E-state index contributed by atoms with van der Waals surface area (Å²) < 4.78 is 0. The van der Waals surface area contributed by atoms with E-state index < -0.39 is 11.6 Å². The lowest BCUT2D eigenvalue weighted by atomic mass is 9.44. The van der Waals surface area contributed by atoms with Gasteiger partial charge in [0.05, 0.1) is 0 Å². The largest absolute Gasteiger partial charge is 0.366 e. The van der Waals surface area contributed by atoms with Crippen molar-refractivity contribution in [3.05, 3.63) is 35.9 Å². The van der Waals surface area contributed by atoms with Gasteiger partial charge in [0.25, 0.3) is 0 Å². The molecule has 5 aliphatic rings. The first-order chi connectivity index (χ1) is 20.8. The van der Waals surface area contributed by atoms with Crippen LogP contribution in [0.3, 0.4) is 0 Å². The van der Waals surface area contributed by atoms with Crippen LogP contribution >= 0.6 is 0 Å². The normalized spacial score (nSPS) is 38.2. The highest BCUT2D eigenvalue weighted by Crippen LogP contribution is 2.68. The highest BCUT2D eigenvalue weighted by Gasteiger charge is 2.61. The second kappa shape index (κ2) is 13.3. The Bertz CT molecular complexity index is 1100. The molecule has 5 N–H and O–H groups in total. The number of amides is 1. The number of aliphatic hydroxyl groups is 4. The number of hydrogen-bond donors (Lipinski definition) is 5. The maximum Gasteiger partial charge on any atom is 0.219 e. The molecule has 1 amide bonds. The van der Waals surface area contributed by atoms with Gasteiger partial charge in [0.2, 0.25) is 5.91 Å². The van der Waals surface area contributed by atoms with Crippen LogP contribution in [-0.2, 0) is 4.79 Å².